The van der Waals surface area contributed by atoms with E-state index in [1.807, 2.05) is 0 Å². The molecule has 2 aromatic carbocycles. The predicted octanol–water partition coefficient (Wildman–Crippen LogP) is 3.35. The largest absolute Gasteiger partial charge is 0.452 e. The van der Waals surface area contributed by atoms with Crippen molar-refractivity contribution in [1.29, 1.82) is 0 Å². The van der Waals surface area contributed by atoms with Crippen molar-refractivity contribution in [3.05, 3.63) is 68.7 Å². The van der Waals surface area contributed by atoms with Crippen LogP contribution >= 0.6 is 11.6 Å². The zero-order valence-electron chi connectivity index (χ0n) is 12.6. The van der Waals surface area contributed by atoms with Crippen molar-refractivity contribution in [3.63, 3.8) is 0 Å². The van der Waals surface area contributed by atoms with Gasteiger partial charge in [0, 0.05) is 16.8 Å². The third-order valence-corrected chi connectivity index (χ3v) is 3.36. The molecule has 0 heterocycles. The summed E-state index contributed by atoms with van der Waals surface area (Å²) >= 11 is 5.85. The molecule has 0 aromatic heterocycles. The van der Waals surface area contributed by atoms with Crippen molar-refractivity contribution in [1.82, 2.24) is 0 Å². The Balaban J connectivity index is 2.00. The number of benzene rings is 2. The molecule has 2 aromatic rings. The van der Waals surface area contributed by atoms with Crippen LogP contribution < -0.4 is 5.32 Å². The highest BCUT2D eigenvalue weighted by atomic mass is 35.5. The smallest absolute Gasteiger partial charge is 0.345 e. The van der Waals surface area contributed by atoms with Crippen molar-refractivity contribution in [3.8, 4) is 0 Å². The maximum absolute atomic E-state index is 11.9. The Morgan fingerprint density at radius 3 is 2.67 bits per heavy atom. The summed E-state index contributed by atoms with van der Waals surface area (Å²) in [4.78, 5) is 34.0. The SMILES string of the molecule is Cc1ccc(Cl)cc1NC(=O)COC(=O)c1ccccc1[N+](=O)[O-]. The van der Waals surface area contributed by atoms with Gasteiger partial charge in [0.15, 0.2) is 6.61 Å². The number of hydrogen-bond donors (Lipinski definition) is 1. The van der Waals surface area contributed by atoms with Gasteiger partial charge in [0.05, 0.1) is 4.92 Å². The highest BCUT2D eigenvalue weighted by Gasteiger charge is 2.21. The minimum absolute atomic E-state index is 0.214. The quantitative estimate of drug-likeness (QED) is 0.507. The lowest BCUT2D eigenvalue weighted by molar-refractivity contribution is -0.385. The van der Waals surface area contributed by atoms with Crippen molar-refractivity contribution < 1.29 is 19.2 Å². The molecular weight excluding hydrogens is 336 g/mol. The fourth-order valence-corrected chi connectivity index (χ4v) is 2.10. The van der Waals surface area contributed by atoms with E-state index < -0.39 is 23.4 Å². The fraction of sp³-hybridized carbons (Fsp3) is 0.125. The summed E-state index contributed by atoms with van der Waals surface area (Å²) in [5.74, 6) is -1.52. The van der Waals surface area contributed by atoms with Crippen molar-refractivity contribution in [2.24, 2.45) is 0 Å². The number of nitrogens with zero attached hydrogens (tertiary/aromatic N) is 1. The van der Waals surface area contributed by atoms with E-state index in [-0.39, 0.29) is 11.3 Å². The van der Waals surface area contributed by atoms with Crippen LogP contribution in [0.2, 0.25) is 5.02 Å². The van der Waals surface area contributed by atoms with Crippen molar-refractivity contribution in [2.75, 3.05) is 11.9 Å². The summed E-state index contributed by atoms with van der Waals surface area (Å²) in [5, 5.41) is 13.9. The Hall–Kier alpha value is -2.93. The number of amides is 1. The molecule has 0 saturated heterocycles. The molecule has 0 aliphatic heterocycles. The number of nitro benzene ring substituents is 1. The van der Waals surface area contributed by atoms with E-state index in [2.05, 4.69) is 5.32 Å². The first-order valence-electron chi connectivity index (χ1n) is 6.85. The third kappa shape index (κ3) is 4.30. The minimum Gasteiger partial charge on any atom is -0.452 e. The Morgan fingerprint density at radius 1 is 1.25 bits per heavy atom. The molecule has 24 heavy (non-hydrogen) atoms. The van der Waals surface area contributed by atoms with Crippen LogP contribution in [0.25, 0.3) is 0 Å². The molecule has 0 bridgehead atoms. The number of anilines is 1. The molecule has 1 N–H and O–H groups in total. The second-order valence-corrected chi connectivity index (χ2v) is 5.29. The molecule has 8 heteroatoms. The summed E-state index contributed by atoms with van der Waals surface area (Å²) in [7, 11) is 0. The first kappa shape index (κ1) is 17.4. The van der Waals surface area contributed by atoms with E-state index >= 15 is 0 Å². The number of halogens is 1. The number of esters is 1. The van der Waals surface area contributed by atoms with Gasteiger partial charge in [-0.25, -0.2) is 4.79 Å². The van der Waals surface area contributed by atoms with Crippen LogP contribution in [0.1, 0.15) is 15.9 Å². The summed E-state index contributed by atoms with van der Waals surface area (Å²) in [6, 6.07) is 10.3. The summed E-state index contributed by atoms with van der Waals surface area (Å²) in [5.41, 5.74) is 0.690. The number of nitrogens with one attached hydrogen (secondary N) is 1. The van der Waals surface area contributed by atoms with Crippen LogP contribution in [0, 0.1) is 17.0 Å². The molecule has 2 rings (SSSR count). The van der Waals surface area contributed by atoms with E-state index in [1.54, 1.807) is 25.1 Å². The van der Waals surface area contributed by atoms with Gasteiger partial charge >= 0.3 is 5.97 Å². The lowest BCUT2D eigenvalue weighted by atomic mass is 10.2. The number of carbonyl (C=O) groups excluding carboxylic acids is 2. The van der Waals surface area contributed by atoms with Crippen LogP contribution in [0.5, 0.6) is 0 Å². The van der Waals surface area contributed by atoms with Crippen LogP contribution in [0.15, 0.2) is 42.5 Å². The number of rotatable bonds is 5. The molecule has 0 saturated carbocycles. The van der Waals surface area contributed by atoms with Crippen LogP contribution in [-0.4, -0.2) is 23.4 Å². The number of aryl methyl sites for hydroxylation is 1. The first-order valence-corrected chi connectivity index (χ1v) is 7.23. The number of nitro groups is 1. The van der Waals surface area contributed by atoms with E-state index in [0.29, 0.717) is 10.7 Å². The Morgan fingerprint density at radius 2 is 1.96 bits per heavy atom. The van der Waals surface area contributed by atoms with Crippen LogP contribution in [0.3, 0.4) is 0 Å². The van der Waals surface area contributed by atoms with Gasteiger partial charge in [-0.2, -0.15) is 0 Å². The van der Waals surface area contributed by atoms with E-state index in [4.69, 9.17) is 16.3 Å². The predicted molar refractivity (Wildman–Crippen MR) is 88.2 cm³/mol. The summed E-state index contributed by atoms with van der Waals surface area (Å²) in [6.07, 6.45) is 0. The normalized spacial score (nSPS) is 10.1. The average Bonchev–Trinajstić information content (AvgIpc) is 2.56. The standard InChI is InChI=1S/C16H13ClN2O5/c1-10-6-7-11(17)8-13(10)18-15(20)9-24-16(21)12-4-2-3-5-14(12)19(22)23/h2-8H,9H2,1H3,(H,18,20). The molecular formula is C16H13ClN2O5. The van der Waals surface area contributed by atoms with Gasteiger partial charge in [-0.1, -0.05) is 29.8 Å². The second-order valence-electron chi connectivity index (χ2n) is 4.86. The van der Waals surface area contributed by atoms with Crippen molar-refractivity contribution >= 4 is 34.9 Å². The van der Waals surface area contributed by atoms with Gasteiger partial charge in [0.1, 0.15) is 5.56 Å². The highest BCUT2D eigenvalue weighted by molar-refractivity contribution is 6.31. The van der Waals surface area contributed by atoms with E-state index in [9.17, 15) is 19.7 Å². The average molecular weight is 349 g/mol. The monoisotopic (exact) mass is 348 g/mol. The van der Waals surface area contributed by atoms with E-state index in [0.717, 1.165) is 5.56 Å². The van der Waals surface area contributed by atoms with Gasteiger partial charge in [0.2, 0.25) is 0 Å². The topological polar surface area (TPSA) is 98.5 Å². The second kappa shape index (κ2) is 7.56. The molecule has 0 aliphatic rings. The summed E-state index contributed by atoms with van der Waals surface area (Å²) in [6.45, 7) is 1.21. The summed E-state index contributed by atoms with van der Waals surface area (Å²) < 4.78 is 4.83. The number of ether oxygens (including phenoxy) is 1. The van der Waals surface area contributed by atoms with E-state index in [1.165, 1.54) is 24.3 Å². The molecule has 0 aliphatic carbocycles. The Labute approximate surface area is 142 Å². The van der Waals surface area contributed by atoms with Gasteiger partial charge in [-0.05, 0) is 30.7 Å². The maximum Gasteiger partial charge on any atom is 0.345 e. The Bertz CT molecular complexity index is 807. The maximum atomic E-state index is 11.9. The lowest BCUT2D eigenvalue weighted by Gasteiger charge is -2.09. The lowest BCUT2D eigenvalue weighted by Crippen LogP contribution is -2.21. The fourth-order valence-electron chi connectivity index (χ4n) is 1.93. The van der Waals surface area contributed by atoms with Crippen LogP contribution in [-0.2, 0) is 9.53 Å². The zero-order chi connectivity index (χ0) is 17.7. The molecule has 124 valence electrons. The molecule has 0 radical (unpaired) electrons. The number of hydrogen-bond acceptors (Lipinski definition) is 5. The third-order valence-electron chi connectivity index (χ3n) is 3.13. The zero-order valence-corrected chi connectivity index (χ0v) is 13.4. The number of carbonyl (C=O) groups is 2. The molecule has 7 nitrogen and oxygen atoms in total. The Kier molecular flexibility index (Phi) is 5.49. The molecule has 1 amide bonds. The molecule has 0 fully saturated rings. The molecule has 0 spiro atoms. The number of para-hydroxylation sites is 1. The molecule has 0 unspecified atom stereocenters. The first-order chi connectivity index (χ1) is 11.4. The van der Waals surface area contributed by atoms with Gasteiger partial charge in [-0.15, -0.1) is 0 Å². The van der Waals surface area contributed by atoms with Crippen LogP contribution in [0.4, 0.5) is 11.4 Å². The van der Waals surface area contributed by atoms with Crippen molar-refractivity contribution in [2.45, 2.75) is 6.92 Å². The van der Waals surface area contributed by atoms with Gasteiger partial charge in [0.25, 0.3) is 11.6 Å². The van der Waals surface area contributed by atoms with Gasteiger partial charge in [-0.3, -0.25) is 14.9 Å². The highest BCUT2D eigenvalue weighted by Crippen LogP contribution is 2.21. The van der Waals surface area contributed by atoms with Gasteiger partial charge < -0.3 is 10.1 Å². The molecule has 0 atom stereocenters. The minimum atomic E-state index is -0.944.